The molecule has 1 aliphatic rings. The van der Waals surface area contributed by atoms with E-state index in [1.54, 1.807) is 6.92 Å². The molecule has 17 heavy (non-hydrogen) atoms. The molecule has 0 saturated carbocycles. The molecule has 2 nitrogen and oxygen atoms in total. The first kappa shape index (κ1) is 12.9. The number of piperidine rings is 1. The van der Waals surface area contributed by atoms with Crippen molar-refractivity contribution in [3.63, 3.8) is 0 Å². The van der Waals surface area contributed by atoms with Crippen LogP contribution in [0.3, 0.4) is 0 Å². The van der Waals surface area contributed by atoms with Gasteiger partial charge >= 0.3 is 0 Å². The molecule has 2 atom stereocenters. The largest absolute Gasteiger partial charge is 0.389 e. The summed E-state index contributed by atoms with van der Waals surface area (Å²) in [4.78, 5) is 2.46. The van der Waals surface area contributed by atoms with Crippen LogP contribution < -0.4 is 4.90 Å². The molecule has 1 aliphatic heterocycles. The van der Waals surface area contributed by atoms with Crippen LogP contribution in [0.2, 0.25) is 0 Å². The van der Waals surface area contributed by atoms with Gasteiger partial charge in [0.1, 0.15) is 0 Å². The van der Waals surface area contributed by atoms with E-state index in [-0.39, 0.29) is 0 Å². The molecular formula is C14H20BrNO. The highest BCUT2D eigenvalue weighted by molar-refractivity contribution is 9.10. The average Bonchev–Trinajstić information content (AvgIpc) is 2.29. The lowest BCUT2D eigenvalue weighted by molar-refractivity contribution is 0.198. The maximum Gasteiger partial charge on any atom is 0.0772 e. The Labute approximate surface area is 112 Å². The molecule has 1 N–H and O–H groups in total. The first-order chi connectivity index (χ1) is 8.09. The third kappa shape index (κ3) is 2.83. The fraction of sp³-hybridized carbons (Fsp3) is 0.571. The van der Waals surface area contributed by atoms with Crippen molar-refractivity contribution in [3.8, 4) is 0 Å². The Kier molecular flexibility index (Phi) is 4.10. The summed E-state index contributed by atoms with van der Waals surface area (Å²) in [6.45, 7) is 5.22. The third-order valence-corrected chi connectivity index (χ3v) is 4.26. The first-order valence-corrected chi connectivity index (χ1v) is 7.13. The van der Waals surface area contributed by atoms with E-state index in [1.165, 1.54) is 24.9 Å². The zero-order chi connectivity index (χ0) is 12.4. The Morgan fingerprint density at radius 1 is 1.41 bits per heavy atom. The normalized spacial score (nSPS) is 22.6. The number of rotatable bonds is 2. The van der Waals surface area contributed by atoms with E-state index in [4.69, 9.17) is 0 Å². The lowest BCUT2D eigenvalue weighted by Gasteiger charge is -2.35. The summed E-state index contributed by atoms with van der Waals surface area (Å²) in [5, 5.41) is 9.61. The van der Waals surface area contributed by atoms with Crippen molar-refractivity contribution in [2.45, 2.75) is 45.3 Å². The second-order valence-electron chi connectivity index (χ2n) is 4.92. The second kappa shape index (κ2) is 5.40. The van der Waals surface area contributed by atoms with Crippen molar-refractivity contribution in [2.24, 2.45) is 0 Å². The molecule has 0 amide bonds. The Hall–Kier alpha value is -0.540. The predicted octanol–water partition coefficient (Wildman–Crippen LogP) is 3.88. The van der Waals surface area contributed by atoms with Gasteiger partial charge in [-0.05, 0) is 50.8 Å². The maximum atomic E-state index is 9.61. The van der Waals surface area contributed by atoms with Gasteiger partial charge < -0.3 is 10.0 Å². The molecule has 1 aromatic rings. The number of aliphatic hydroxyl groups excluding tert-OH is 1. The Morgan fingerprint density at radius 2 is 2.18 bits per heavy atom. The smallest absolute Gasteiger partial charge is 0.0772 e. The maximum absolute atomic E-state index is 9.61. The number of nitrogens with zero attached hydrogens (tertiary/aromatic N) is 1. The van der Waals surface area contributed by atoms with E-state index in [0.717, 1.165) is 16.6 Å². The van der Waals surface area contributed by atoms with Crippen molar-refractivity contribution in [1.29, 1.82) is 0 Å². The van der Waals surface area contributed by atoms with Crippen LogP contribution in [0.4, 0.5) is 5.69 Å². The average molecular weight is 298 g/mol. The van der Waals surface area contributed by atoms with Crippen LogP contribution >= 0.6 is 15.9 Å². The van der Waals surface area contributed by atoms with Crippen molar-refractivity contribution in [2.75, 3.05) is 11.4 Å². The molecule has 1 heterocycles. The standard InChI is InChI=1S/C14H20BrNO/c1-10-5-3-4-8-16(10)12-6-7-13(11(2)17)14(15)9-12/h6-7,9-11,17H,3-5,8H2,1-2H3/t10?,11-/m0/s1. The van der Waals surface area contributed by atoms with E-state index < -0.39 is 6.10 Å². The molecule has 1 saturated heterocycles. The van der Waals surface area contributed by atoms with Crippen LogP contribution in [0.25, 0.3) is 0 Å². The van der Waals surface area contributed by atoms with Gasteiger partial charge in [0.2, 0.25) is 0 Å². The van der Waals surface area contributed by atoms with Crippen LogP contribution in [0.1, 0.15) is 44.8 Å². The molecular weight excluding hydrogens is 278 g/mol. The van der Waals surface area contributed by atoms with Crippen molar-refractivity contribution < 1.29 is 5.11 Å². The lowest BCUT2D eigenvalue weighted by Crippen LogP contribution is -2.37. The molecule has 1 unspecified atom stereocenters. The third-order valence-electron chi connectivity index (χ3n) is 3.57. The van der Waals surface area contributed by atoms with Gasteiger partial charge in [-0.25, -0.2) is 0 Å². The van der Waals surface area contributed by atoms with Gasteiger partial charge in [-0.2, -0.15) is 0 Å². The highest BCUT2D eigenvalue weighted by Crippen LogP contribution is 2.31. The molecule has 3 heteroatoms. The van der Waals surface area contributed by atoms with Crippen molar-refractivity contribution in [3.05, 3.63) is 28.2 Å². The van der Waals surface area contributed by atoms with E-state index >= 15 is 0 Å². The predicted molar refractivity (Wildman–Crippen MR) is 75.4 cm³/mol. The summed E-state index contributed by atoms with van der Waals surface area (Å²) in [6.07, 6.45) is 3.47. The molecule has 0 radical (unpaired) electrons. The molecule has 94 valence electrons. The Bertz CT molecular complexity index is 392. The molecule has 0 aromatic heterocycles. The van der Waals surface area contributed by atoms with Gasteiger partial charge in [0.15, 0.2) is 0 Å². The SMILES string of the molecule is CC1CCCCN1c1ccc([C@H](C)O)c(Br)c1. The Balaban J connectivity index is 2.24. The van der Waals surface area contributed by atoms with Crippen LogP contribution in [0.5, 0.6) is 0 Å². The first-order valence-electron chi connectivity index (χ1n) is 6.33. The van der Waals surface area contributed by atoms with Gasteiger partial charge in [-0.3, -0.25) is 0 Å². The number of aliphatic hydroxyl groups is 1. The van der Waals surface area contributed by atoms with Gasteiger partial charge in [-0.1, -0.05) is 22.0 Å². The van der Waals surface area contributed by atoms with Gasteiger partial charge in [0.05, 0.1) is 6.10 Å². The van der Waals surface area contributed by atoms with Crippen LogP contribution in [0, 0.1) is 0 Å². The molecule has 1 fully saturated rings. The van der Waals surface area contributed by atoms with Gasteiger partial charge in [-0.15, -0.1) is 0 Å². The van der Waals surface area contributed by atoms with E-state index in [1.807, 2.05) is 6.07 Å². The topological polar surface area (TPSA) is 23.5 Å². The zero-order valence-corrected chi connectivity index (χ0v) is 12.1. The van der Waals surface area contributed by atoms with Gasteiger partial charge in [0.25, 0.3) is 0 Å². The summed E-state index contributed by atoms with van der Waals surface area (Å²) < 4.78 is 1.00. The van der Waals surface area contributed by atoms with Crippen LogP contribution in [-0.4, -0.2) is 17.7 Å². The minimum atomic E-state index is -0.419. The molecule has 2 rings (SSSR count). The summed E-state index contributed by atoms with van der Waals surface area (Å²) in [5.74, 6) is 0. The fourth-order valence-electron chi connectivity index (χ4n) is 2.52. The second-order valence-corrected chi connectivity index (χ2v) is 5.77. The summed E-state index contributed by atoms with van der Waals surface area (Å²) >= 11 is 3.55. The molecule has 1 aromatic carbocycles. The number of hydrogen-bond acceptors (Lipinski definition) is 2. The fourth-order valence-corrected chi connectivity index (χ4v) is 3.21. The summed E-state index contributed by atoms with van der Waals surface area (Å²) in [7, 11) is 0. The van der Waals surface area contributed by atoms with Crippen molar-refractivity contribution in [1.82, 2.24) is 0 Å². The number of hydrogen-bond donors (Lipinski definition) is 1. The van der Waals surface area contributed by atoms with E-state index in [0.29, 0.717) is 6.04 Å². The molecule has 0 aliphatic carbocycles. The van der Waals surface area contributed by atoms with E-state index in [9.17, 15) is 5.11 Å². The number of anilines is 1. The Morgan fingerprint density at radius 3 is 2.76 bits per heavy atom. The monoisotopic (exact) mass is 297 g/mol. The minimum absolute atomic E-state index is 0.419. The molecule has 0 spiro atoms. The number of benzene rings is 1. The highest BCUT2D eigenvalue weighted by Gasteiger charge is 2.19. The summed E-state index contributed by atoms with van der Waals surface area (Å²) in [6, 6.07) is 6.89. The van der Waals surface area contributed by atoms with E-state index in [2.05, 4.69) is 39.9 Å². The lowest BCUT2D eigenvalue weighted by atomic mass is 10.0. The van der Waals surface area contributed by atoms with Crippen LogP contribution in [0.15, 0.2) is 22.7 Å². The zero-order valence-electron chi connectivity index (χ0n) is 10.5. The van der Waals surface area contributed by atoms with Crippen molar-refractivity contribution >= 4 is 21.6 Å². The highest BCUT2D eigenvalue weighted by atomic mass is 79.9. The van der Waals surface area contributed by atoms with Gasteiger partial charge in [0, 0.05) is 22.7 Å². The molecule has 0 bridgehead atoms. The minimum Gasteiger partial charge on any atom is -0.389 e. The quantitative estimate of drug-likeness (QED) is 0.895. The number of halogens is 1. The van der Waals surface area contributed by atoms with Crippen LogP contribution in [-0.2, 0) is 0 Å². The summed E-state index contributed by atoms with van der Waals surface area (Å²) in [5.41, 5.74) is 2.21.